The van der Waals surface area contributed by atoms with E-state index >= 15 is 0 Å². The highest BCUT2D eigenvalue weighted by atomic mass is 79.9. The predicted molar refractivity (Wildman–Crippen MR) is 62.7 cm³/mol. The van der Waals surface area contributed by atoms with Crippen LogP contribution >= 0.6 is 31.9 Å². The number of hydrogen-bond donors (Lipinski definition) is 1. The second-order valence-electron chi connectivity index (χ2n) is 2.90. The Morgan fingerprint density at radius 1 is 1.43 bits per heavy atom. The van der Waals surface area contributed by atoms with Gasteiger partial charge in [0.05, 0.1) is 0 Å². The minimum Gasteiger partial charge on any atom is -0.481 e. The van der Waals surface area contributed by atoms with Crippen LogP contribution < -0.4 is 0 Å². The standard InChI is InChI=1S/C10H10Br2O2/c11-6-7-2-1-3-9(12)8(7)4-5-10(13)14/h1-3H,4-6H2,(H,13,14). The largest absolute Gasteiger partial charge is 0.481 e. The number of halogens is 2. The molecular weight excluding hydrogens is 312 g/mol. The van der Waals surface area contributed by atoms with Gasteiger partial charge in [0.25, 0.3) is 0 Å². The van der Waals surface area contributed by atoms with Crippen molar-refractivity contribution >= 4 is 37.8 Å². The zero-order valence-corrected chi connectivity index (χ0v) is 10.6. The first-order valence-electron chi connectivity index (χ1n) is 4.19. The monoisotopic (exact) mass is 320 g/mol. The molecule has 1 aromatic rings. The van der Waals surface area contributed by atoms with Crippen LogP contribution in [0.25, 0.3) is 0 Å². The molecule has 76 valence electrons. The molecule has 0 aromatic heterocycles. The predicted octanol–water partition coefficient (Wildman–Crippen LogP) is 3.36. The number of aliphatic carboxylic acids is 1. The molecule has 14 heavy (non-hydrogen) atoms. The number of carboxylic acids is 1. The molecule has 1 rings (SSSR count). The summed E-state index contributed by atoms with van der Waals surface area (Å²) in [5, 5.41) is 9.35. The van der Waals surface area contributed by atoms with E-state index in [0.717, 1.165) is 20.9 Å². The summed E-state index contributed by atoms with van der Waals surface area (Å²) in [5.41, 5.74) is 2.22. The summed E-state index contributed by atoms with van der Waals surface area (Å²) in [4.78, 5) is 10.5. The highest BCUT2D eigenvalue weighted by Crippen LogP contribution is 2.23. The van der Waals surface area contributed by atoms with Gasteiger partial charge in [0.2, 0.25) is 0 Å². The molecule has 0 radical (unpaired) electrons. The van der Waals surface area contributed by atoms with E-state index in [0.29, 0.717) is 6.42 Å². The molecule has 0 bridgehead atoms. The smallest absolute Gasteiger partial charge is 0.303 e. The molecule has 0 fully saturated rings. The fraction of sp³-hybridized carbons (Fsp3) is 0.300. The molecular formula is C10H10Br2O2. The van der Waals surface area contributed by atoms with Gasteiger partial charge in [-0.05, 0) is 23.6 Å². The van der Waals surface area contributed by atoms with Crippen molar-refractivity contribution in [3.05, 3.63) is 33.8 Å². The third-order valence-corrected chi connectivity index (χ3v) is 3.30. The lowest BCUT2D eigenvalue weighted by Gasteiger charge is -2.07. The van der Waals surface area contributed by atoms with E-state index in [1.165, 1.54) is 0 Å². The van der Waals surface area contributed by atoms with Gasteiger partial charge in [0.1, 0.15) is 0 Å². The molecule has 0 spiro atoms. The van der Waals surface area contributed by atoms with Crippen molar-refractivity contribution in [2.75, 3.05) is 0 Å². The van der Waals surface area contributed by atoms with Crippen molar-refractivity contribution in [3.8, 4) is 0 Å². The first kappa shape index (κ1) is 11.7. The Bertz CT molecular complexity index is 337. The quantitative estimate of drug-likeness (QED) is 0.863. The van der Waals surface area contributed by atoms with Crippen LogP contribution in [-0.4, -0.2) is 11.1 Å². The second kappa shape index (κ2) is 5.51. The third kappa shape index (κ3) is 3.10. The fourth-order valence-corrected chi connectivity index (χ4v) is 2.37. The summed E-state index contributed by atoms with van der Waals surface area (Å²) in [5.74, 6) is -0.763. The van der Waals surface area contributed by atoms with E-state index in [-0.39, 0.29) is 6.42 Å². The lowest BCUT2D eigenvalue weighted by atomic mass is 10.0. The summed E-state index contributed by atoms with van der Waals surface area (Å²) in [6.07, 6.45) is 0.736. The van der Waals surface area contributed by atoms with Gasteiger partial charge in [0.15, 0.2) is 0 Å². The SMILES string of the molecule is O=C(O)CCc1c(Br)cccc1CBr. The first-order valence-corrected chi connectivity index (χ1v) is 6.10. The van der Waals surface area contributed by atoms with Crippen LogP contribution in [0.2, 0.25) is 0 Å². The molecule has 0 atom stereocenters. The lowest BCUT2D eigenvalue weighted by molar-refractivity contribution is -0.136. The van der Waals surface area contributed by atoms with Crippen LogP contribution in [-0.2, 0) is 16.5 Å². The van der Waals surface area contributed by atoms with Crippen LogP contribution in [0.4, 0.5) is 0 Å². The number of carbonyl (C=O) groups is 1. The summed E-state index contributed by atoms with van der Waals surface area (Å²) in [6, 6.07) is 5.88. The average molecular weight is 322 g/mol. The highest BCUT2D eigenvalue weighted by Gasteiger charge is 2.07. The van der Waals surface area contributed by atoms with Crippen molar-refractivity contribution in [3.63, 3.8) is 0 Å². The van der Waals surface area contributed by atoms with Crippen LogP contribution in [0, 0.1) is 0 Å². The van der Waals surface area contributed by atoms with Crippen LogP contribution in [0.5, 0.6) is 0 Å². The first-order chi connectivity index (χ1) is 6.65. The molecule has 1 aromatic carbocycles. The lowest BCUT2D eigenvalue weighted by Crippen LogP contribution is -2.00. The molecule has 0 saturated carbocycles. The zero-order chi connectivity index (χ0) is 10.6. The number of benzene rings is 1. The van der Waals surface area contributed by atoms with E-state index in [1.807, 2.05) is 18.2 Å². The Labute approximate surface area is 99.6 Å². The Morgan fingerprint density at radius 2 is 2.14 bits per heavy atom. The molecule has 0 saturated heterocycles. The molecule has 0 amide bonds. The van der Waals surface area contributed by atoms with Gasteiger partial charge < -0.3 is 5.11 Å². The van der Waals surface area contributed by atoms with Crippen molar-refractivity contribution < 1.29 is 9.90 Å². The summed E-state index contributed by atoms with van der Waals surface area (Å²) >= 11 is 6.81. The maximum Gasteiger partial charge on any atom is 0.303 e. The number of rotatable bonds is 4. The topological polar surface area (TPSA) is 37.3 Å². The molecule has 1 N–H and O–H groups in total. The maximum absolute atomic E-state index is 10.5. The molecule has 4 heteroatoms. The molecule has 2 nitrogen and oxygen atoms in total. The van der Waals surface area contributed by atoms with E-state index in [9.17, 15) is 4.79 Å². The van der Waals surface area contributed by atoms with Crippen LogP contribution in [0.15, 0.2) is 22.7 Å². The summed E-state index contributed by atoms with van der Waals surface area (Å²) < 4.78 is 0.982. The molecule has 0 unspecified atom stereocenters. The van der Waals surface area contributed by atoms with Crippen molar-refractivity contribution in [1.82, 2.24) is 0 Å². The van der Waals surface area contributed by atoms with Gasteiger partial charge in [-0.25, -0.2) is 0 Å². The van der Waals surface area contributed by atoms with Gasteiger partial charge in [-0.2, -0.15) is 0 Å². The summed E-state index contributed by atoms with van der Waals surface area (Å²) in [7, 11) is 0. The highest BCUT2D eigenvalue weighted by molar-refractivity contribution is 9.10. The van der Waals surface area contributed by atoms with Crippen LogP contribution in [0.1, 0.15) is 17.5 Å². The van der Waals surface area contributed by atoms with Crippen LogP contribution in [0.3, 0.4) is 0 Å². The number of carboxylic acid groups (broad SMARTS) is 1. The minimum absolute atomic E-state index is 0.169. The average Bonchev–Trinajstić information content (AvgIpc) is 2.15. The Hall–Kier alpha value is -0.350. The van der Waals surface area contributed by atoms with E-state index in [2.05, 4.69) is 31.9 Å². The van der Waals surface area contributed by atoms with Crippen molar-refractivity contribution in [1.29, 1.82) is 0 Å². The number of alkyl halides is 1. The van der Waals surface area contributed by atoms with Gasteiger partial charge in [0, 0.05) is 16.2 Å². The molecule has 0 aliphatic heterocycles. The van der Waals surface area contributed by atoms with Crippen molar-refractivity contribution in [2.45, 2.75) is 18.2 Å². The fourth-order valence-electron chi connectivity index (χ4n) is 1.24. The Kier molecular flexibility index (Phi) is 4.62. The summed E-state index contributed by atoms with van der Waals surface area (Å²) in [6.45, 7) is 0. The van der Waals surface area contributed by atoms with Gasteiger partial charge in [-0.15, -0.1) is 0 Å². The zero-order valence-electron chi connectivity index (χ0n) is 7.46. The maximum atomic E-state index is 10.5. The second-order valence-corrected chi connectivity index (χ2v) is 4.32. The van der Waals surface area contributed by atoms with E-state index in [4.69, 9.17) is 5.11 Å². The molecule has 0 heterocycles. The van der Waals surface area contributed by atoms with E-state index < -0.39 is 5.97 Å². The number of hydrogen-bond acceptors (Lipinski definition) is 1. The third-order valence-electron chi connectivity index (χ3n) is 1.95. The Morgan fingerprint density at radius 3 is 2.71 bits per heavy atom. The molecule has 0 aliphatic carbocycles. The van der Waals surface area contributed by atoms with Crippen molar-refractivity contribution in [2.24, 2.45) is 0 Å². The Balaban J connectivity index is 2.87. The van der Waals surface area contributed by atoms with Gasteiger partial charge in [-0.3, -0.25) is 4.79 Å². The minimum atomic E-state index is -0.763. The normalized spacial score (nSPS) is 10.1. The van der Waals surface area contributed by atoms with E-state index in [1.54, 1.807) is 0 Å². The molecule has 0 aliphatic rings. The van der Waals surface area contributed by atoms with Gasteiger partial charge in [-0.1, -0.05) is 44.0 Å². The van der Waals surface area contributed by atoms with Gasteiger partial charge >= 0.3 is 5.97 Å².